The lowest BCUT2D eigenvalue weighted by molar-refractivity contribution is -0.655. The minimum Gasteiger partial charge on any atom is -0.358 e. The Labute approximate surface area is 173 Å². The maximum Gasteiger partial charge on any atom is 0.196 e. The van der Waals surface area contributed by atoms with Crippen molar-refractivity contribution in [3.8, 4) is 11.3 Å². The number of quaternary nitrogens is 1. The molecule has 0 spiro atoms. The molecule has 1 saturated heterocycles. The Hall–Kier alpha value is -3.64. The summed E-state index contributed by atoms with van der Waals surface area (Å²) in [6.45, 7) is 3.95. The fourth-order valence-corrected chi connectivity index (χ4v) is 4.55. The van der Waals surface area contributed by atoms with Gasteiger partial charge in [0.05, 0.1) is 48.5 Å². The van der Waals surface area contributed by atoms with E-state index in [0.717, 1.165) is 59.7 Å². The summed E-state index contributed by atoms with van der Waals surface area (Å²) in [5.41, 5.74) is 5.62. The van der Waals surface area contributed by atoms with Gasteiger partial charge in [0.15, 0.2) is 11.5 Å². The highest BCUT2D eigenvalue weighted by atomic mass is 16.5. The highest BCUT2D eigenvalue weighted by Gasteiger charge is 2.34. The quantitative estimate of drug-likeness (QED) is 0.489. The fourth-order valence-electron chi connectivity index (χ4n) is 4.55. The second-order valence-corrected chi connectivity index (χ2v) is 7.77. The molecule has 6 heteroatoms. The molecule has 0 bridgehead atoms. The number of benzene rings is 3. The predicted molar refractivity (Wildman–Crippen MR) is 116 cm³/mol. The molecule has 0 unspecified atom stereocenters. The molecule has 0 amide bonds. The lowest BCUT2D eigenvalue weighted by atomic mass is 9.86. The van der Waals surface area contributed by atoms with E-state index in [-0.39, 0.29) is 5.78 Å². The molecule has 0 saturated carbocycles. The van der Waals surface area contributed by atoms with E-state index < -0.39 is 0 Å². The Kier molecular flexibility index (Phi) is 3.86. The summed E-state index contributed by atoms with van der Waals surface area (Å²) in [6.07, 6.45) is 0. The molecule has 3 aromatic carbocycles. The van der Waals surface area contributed by atoms with E-state index in [4.69, 9.17) is 4.52 Å². The first-order chi connectivity index (χ1) is 14.8. The first kappa shape index (κ1) is 17.2. The second kappa shape index (κ2) is 6.71. The average Bonchev–Trinajstić information content (AvgIpc) is 3.24. The number of nitrogens with zero attached hydrogens (tertiary/aromatic N) is 2. The summed E-state index contributed by atoms with van der Waals surface area (Å²) in [4.78, 5) is 15.9. The lowest BCUT2D eigenvalue weighted by Gasteiger charge is -2.29. The number of carbonyl (C=O) groups is 1. The van der Waals surface area contributed by atoms with Crippen LogP contribution in [0.3, 0.4) is 0 Å². The van der Waals surface area contributed by atoms with Crippen LogP contribution in [-0.4, -0.2) is 37.1 Å². The molecule has 4 aromatic rings. The van der Waals surface area contributed by atoms with E-state index in [1.165, 1.54) is 0 Å². The Morgan fingerprint density at radius 3 is 2.50 bits per heavy atom. The Morgan fingerprint density at radius 1 is 0.967 bits per heavy atom. The number of carbonyl (C=O) groups excluding carboxylic acids is 1. The van der Waals surface area contributed by atoms with Crippen LogP contribution in [0.4, 0.5) is 17.1 Å². The number of ketones is 1. The molecule has 148 valence electrons. The number of piperazine rings is 1. The van der Waals surface area contributed by atoms with Crippen LogP contribution in [0.15, 0.2) is 65.2 Å². The van der Waals surface area contributed by atoms with E-state index in [2.05, 4.69) is 26.8 Å². The maximum atomic E-state index is 13.6. The summed E-state index contributed by atoms with van der Waals surface area (Å²) in [7, 11) is 0. The molecule has 30 heavy (non-hydrogen) atoms. The molecule has 1 fully saturated rings. The van der Waals surface area contributed by atoms with Gasteiger partial charge in [0, 0.05) is 16.8 Å². The van der Waals surface area contributed by atoms with E-state index in [9.17, 15) is 4.79 Å². The van der Waals surface area contributed by atoms with Gasteiger partial charge >= 0.3 is 0 Å². The van der Waals surface area contributed by atoms with Crippen LogP contribution in [0, 0.1) is 0 Å². The van der Waals surface area contributed by atoms with Gasteiger partial charge in [-0.05, 0) is 18.2 Å². The number of rotatable bonds is 3. The van der Waals surface area contributed by atoms with Crippen molar-refractivity contribution >= 4 is 33.7 Å². The largest absolute Gasteiger partial charge is 0.358 e. The number of nitrogens with two attached hydrogens (primary N) is 1. The van der Waals surface area contributed by atoms with E-state index in [1.807, 2.05) is 54.6 Å². The highest BCUT2D eigenvalue weighted by molar-refractivity contribution is 6.28. The summed E-state index contributed by atoms with van der Waals surface area (Å²) in [6, 6.07) is 19.6. The molecule has 1 aliphatic heterocycles. The van der Waals surface area contributed by atoms with Crippen molar-refractivity contribution in [1.82, 2.24) is 5.16 Å². The molecule has 3 N–H and O–H groups in total. The number of hydrogen-bond acceptors (Lipinski definition) is 5. The topological polar surface area (TPSA) is 75.0 Å². The van der Waals surface area contributed by atoms with Crippen LogP contribution in [0.2, 0.25) is 0 Å². The molecule has 0 radical (unpaired) electrons. The number of hydrogen-bond donors (Lipinski definition) is 2. The van der Waals surface area contributed by atoms with Gasteiger partial charge < -0.3 is 20.1 Å². The maximum absolute atomic E-state index is 13.6. The van der Waals surface area contributed by atoms with Crippen LogP contribution in [0.1, 0.15) is 15.9 Å². The third kappa shape index (κ3) is 2.54. The molecule has 6 nitrogen and oxygen atoms in total. The van der Waals surface area contributed by atoms with Gasteiger partial charge in [-0.15, -0.1) is 0 Å². The standard InChI is InChI=1S/C24H20N4O2/c29-23-16-8-4-5-9-17(16)24-21-20(23)18(26-15-6-2-1-3-7-15)14-19(22(21)27-30-24)28-12-10-25-11-13-28/h1-9,14,25-26H,10-13H2/p+1. The summed E-state index contributed by atoms with van der Waals surface area (Å²) < 4.78 is 5.84. The van der Waals surface area contributed by atoms with Gasteiger partial charge in [-0.3, -0.25) is 4.79 Å². The second-order valence-electron chi connectivity index (χ2n) is 7.77. The Morgan fingerprint density at radius 2 is 1.70 bits per heavy atom. The zero-order valence-corrected chi connectivity index (χ0v) is 16.4. The first-order valence-electron chi connectivity index (χ1n) is 10.3. The van der Waals surface area contributed by atoms with E-state index in [0.29, 0.717) is 16.9 Å². The van der Waals surface area contributed by atoms with Crippen molar-refractivity contribution < 1.29 is 14.6 Å². The monoisotopic (exact) mass is 397 g/mol. The van der Waals surface area contributed by atoms with Crippen LogP contribution >= 0.6 is 0 Å². The predicted octanol–water partition coefficient (Wildman–Crippen LogP) is 3.17. The molecule has 2 aliphatic rings. The van der Waals surface area contributed by atoms with Crippen molar-refractivity contribution in [2.24, 2.45) is 0 Å². The van der Waals surface area contributed by atoms with E-state index >= 15 is 0 Å². The Bertz CT molecular complexity index is 1270. The fraction of sp³-hybridized carbons (Fsp3) is 0.167. The molecule has 0 atom stereocenters. The normalized spacial score (nSPS) is 15.3. The highest BCUT2D eigenvalue weighted by Crippen LogP contribution is 2.46. The first-order valence-corrected chi connectivity index (χ1v) is 10.3. The van der Waals surface area contributed by atoms with Crippen LogP contribution < -0.4 is 15.5 Å². The minimum absolute atomic E-state index is 0.00302. The van der Waals surface area contributed by atoms with Crippen LogP contribution in [-0.2, 0) is 0 Å². The van der Waals surface area contributed by atoms with E-state index in [1.54, 1.807) is 0 Å². The van der Waals surface area contributed by atoms with Gasteiger partial charge in [0.2, 0.25) is 0 Å². The van der Waals surface area contributed by atoms with Crippen molar-refractivity contribution in [1.29, 1.82) is 0 Å². The number of aromatic nitrogens is 1. The molecular weight excluding hydrogens is 376 g/mol. The van der Waals surface area contributed by atoms with Gasteiger partial charge in [0.1, 0.15) is 5.52 Å². The summed E-state index contributed by atoms with van der Waals surface area (Å²) in [5, 5.41) is 11.1. The van der Waals surface area contributed by atoms with Crippen molar-refractivity contribution in [3.05, 3.63) is 71.8 Å². The zero-order chi connectivity index (χ0) is 20.1. The minimum atomic E-state index is 0.00302. The average molecular weight is 397 g/mol. The van der Waals surface area contributed by atoms with Crippen molar-refractivity contribution in [2.45, 2.75) is 0 Å². The number of nitrogens with one attached hydrogen (secondary N) is 1. The molecule has 6 rings (SSSR count). The zero-order valence-electron chi connectivity index (χ0n) is 16.4. The molecule has 1 aromatic heterocycles. The van der Waals surface area contributed by atoms with Crippen LogP contribution in [0.5, 0.6) is 0 Å². The number of anilines is 3. The van der Waals surface area contributed by atoms with Crippen LogP contribution in [0.25, 0.3) is 22.2 Å². The van der Waals surface area contributed by atoms with Crippen molar-refractivity contribution in [2.75, 3.05) is 36.4 Å². The Balaban J connectivity index is 1.63. The SMILES string of the molecule is O=C1c2ccccc2-c2onc3c(N4CC[NH2+]CC4)cc(Nc4ccccc4)c1c23. The smallest absolute Gasteiger partial charge is 0.196 e. The van der Waals surface area contributed by atoms with Crippen molar-refractivity contribution in [3.63, 3.8) is 0 Å². The van der Waals surface area contributed by atoms with Gasteiger partial charge in [0.25, 0.3) is 0 Å². The molecule has 1 aliphatic carbocycles. The third-order valence-electron chi connectivity index (χ3n) is 5.98. The molecule has 2 heterocycles. The number of para-hydroxylation sites is 1. The van der Waals surface area contributed by atoms with Gasteiger partial charge in [-0.2, -0.15) is 0 Å². The van der Waals surface area contributed by atoms with Gasteiger partial charge in [-0.25, -0.2) is 0 Å². The molecular formula is C24H21N4O2+. The van der Waals surface area contributed by atoms with Gasteiger partial charge in [-0.1, -0.05) is 47.6 Å². The number of fused-ring (bicyclic) bond motifs is 2. The third-order valence-corrected chi connectivity index (χ3v) is 5.98. The summed E-state index contributed by atoms with van der Waals surface area (Å²) >= 11 is 0. The summed E-state index contributed by atoms with van der Waals surface area (Å²) in [5.74, 6) is 0.681. The lowest BCUT2D eigenvalue weighted by Crippen LogP contribution is -2.89.